The van der Waals surface area contributed by atoms with E-state index in [-0.39, 0.29) is 11.7 Å². The van der Waals surface area contributed by atoms with Gasteiger partial charge in [-0.1, -0.05) is 36.4 Å². The van der Waals surface area contributed by atoms with Gasteiger partial charge in [0.15, 0.2) is 5.78 Å². The molecule has 0 spiro atoms. The predicted molar refractivity (Wildman–Crippen MR) is 98.4 cm³/mol. The van der Waals surface area contributed by atoms with Gasteiger partial charge < -0.3 is 5.32 Å². The smallest absolute Gasteiger partial charge is 0.255 e. The minimum atomic E-state index is -0.157. The van der Waals surface area contributed by atoms with Crippen molar-refractivity contribution in [2.45, 2.75) is 0 Å². The first-order chi connectivity index (χ1) is 12.2. The Hall–Kier alpha value is -3.53. The van der Waals surface area contributed by atoms with Crippen LogP contribution in [0.2, 0.25) is 0 Å². The number of carbonyl (C=O) groups is 2. The highest BCUT2D eigenvalue weighted by atomic mass is 16.1. The number of benzene rings is 2. The van der Waals surface area contributed by atoms with Gasteiger partial charge in [-0.3, -0.25) is 14.6 Å². The molecule has 0 bridgehead atoms. The summed E-state index contributed by atoms with van der Waals surface area (Å²) in [7, 11) is 0. The third-order valence-corrected chi connectivity index (χ3v) is 3.58. The van der Waals surface area contributed by atoms with Gasteiger partial charge in [-0.15, -0.1) is 0 Å². The zero-order chi connectivity index (χ0) is 17.5. The second kappa shape index (κ2) is 7.84. The van der Waals surface area contributed by atoms with Crippen molar-refractivity contribution in [3.05, 3.63) is 102 Å². The van der Waals surface area contributed by atoms with Crippen LogP contribution in [-0.4, -0.2) is 16.7 Å². The number of anilines is 1. The molecule has 3 aromatic rings. The minimum absolute atomic E-state index is 0.102. The topological polar surface area (TPSA) is 59.1 Å². The third kappa shape index (κ3) is 4.48. The summed E-state index contributed by atoms with van der Waals surface area (Å²) in [5.41, 5.74) is 2.72. The van der Waals surface area contributed by atoms with Crippen molar-refractivity contribution in [1.29, 1.82) is 0 Å². The molecule has 0 aliphatic rings. The van der Waals surface area contributed by atoms with E-state index in [2.05, 4.69) is 10.3 Å². The standard InChI is InChI=1S/C21H16N2O2/c24-20(18-7-4-14-22-15-18)13-10-16-8-11-19(12-9-16)23-21(25)17-5-2-1-3-6-17/h1-15H,(H,23,25)/b13-10+. The number of ketones is 1. The molecule has 1 N–H and O–H groups in total. The van der Waals surface area contributed by atoms with Crippen LogP contribution in [0.4, 0.5) is 5.69 Å². The summed E-state index contributed by atoms with van der Waals surface area (Å²) >= 11 is 0. The van der Waals surface area contributed by atoms with E-state index < -0.39 is 0 Å². The maximum Gasteiger partial charge on any atom is 0.255 e. The molecule has 25 heavy (non-hydrogen) atoms. The fourth-order valence-electron chi connectivity index (χ4n) is 2.25. The van der Waals surface area contributed by atoms with Crippen LogP contribution in [-0.2, 0) is 0 Å². The molecule has 0 aliphatic carbocycles. The van der Waals surface area contributed by atoms with Crippen molar-refractivity contribution >= 4 is 23.5 Å². The molecule has 0 saturated heterocycles. The molecule has 2 aromatic carbocycles. The number of hydrogen-bond acceptors (Lipinski definition) is 3. The van der Waals surface area contributed by atoms with Gasteiger partial charge in [0.1, 0.15) is 0 Å². The van der Waals surface area contributed by atoms with Crippen LogP contribution >= 0.6 is 0 Å². The Morgan fingerprint density at radius 2 is 1.56 bits per heavy atom. The summed E-state index contributed by atoms with van der Waals surface area (Å²) in [6, 6.07) is 19.8. The number of hydrogen-bond donors (Lipinski definition) is 1. The second-order valence-electron chi connectivity index (χ2n) is 5.38. The molecule has 1 amide bonds. The molecule has 1 aromatic heterocycles. The third-order valence-electron chi connectivity index (χ3n) is 3.58. The summed E-state index contributed by atoms with van der Waals surface area (Å²) in [4.78, 5) is 28.0. The van der Waals surface area contributed by atoms with Crippen molar-refractivity contribution in [3.63, 3.8) is 0 Å². The highest BCUT2D eigenvalue weighted by Gasteiger charge is 2.05. The second-order valence-corrected chi connectivity index (χ2v) is 5.38. The Morgan fingerprint density at radius 3 is 2.24 bits per heavy atom. The van der Waals surface area contributed by atoms with E-state index in [0.717, 1.165) is 5.56 Å². The van der Waals surface area contributed by atoms with E-state index in [9.17, 15) is 9.59 Å². The van der Waals surface area contributed by atoms with Gasteiger partial charge in [-0.25, -0.2) is 0 Å². The summed E-state index contributed by atoms with van der Waals surface area (Å²) in [6.07, 6.45) is 6.41. The van der Waals surface area contributed by atoms with Crippen LogP contribution in [0.1, 0.15) is 26.3 Å². The molecule has 0 atom stereocenters. The molecular weight excluding hydrogens is 312 g/mol. The highest BCUT2D eigenvalue weighted by molar-refractivity contribution is 6.06. The number of carbonyl (C=O) groups excluding carboxylic acids is 2. The van der Waals surface area contributed by atoms with Crippen molar-refractivity contribution in [3.8, 4) is 0 Å². The fourth-order valence-corrected chi connectivity index (χ4v) is 2.25. The number of nitrogens with zero attached hydrogens (tertiary/aromatic N) is 1. The molecule has 4 heteroatoms. The molecular formula is C21H16N2O2. The van der Waals surface area contributed by atoms with Crippen molar-refractivity contribution in [2.75, 3.05) is 5.32 Å². The van der Waals surface area contributed by atoms with E-state index in [1.54, 1.807) is 48.7 Å². The van der Waals surface area contributed by atoms with Crippen LogP contribution in [0.5, 0.6) is 0 Å². The molecule has 3 rings (SSSR count). The van der Waals surface area contributed by atoms with Gasteiger partial charge >= 0.3 is 0 Å². The Balaban J connectivity index is 1.63. The van der Waals surface area contributed by atoms with E-state index in [1.807, 2.05) is 30.3 Å². The number of nitrogens with one attached hydrogen (secondary N) is 1. The largest absolute Gasteiger partial charge is 0.322 e. The zero-order valence-electron chi connectivity index (χ0n) is 13.4. The van der Waals surface area contributed by atoms with Gasteiger partial charge in [-0.05, 0) is 48.0 Å². The van der Waals surface area contributed by atoms with E-state index in [1.165, 1.54) is 12.3 Å². The highest BCUT2D eigenvalue weighted by Crippen LogP contribution is 2.13. The molecule has 0 unspecified atom stereocenters. The molecule has 0 radical (unpaired) electrons. The lowest BCUT2D eigenvalue weighted by Gasteiger charge is -2.05. The molecule has 122 valence electrons. The van der Waals surface area contributed by atoms with Gasteiger partial charge in [0.25, 0.3) is 5.91 Å². The van der Waals surface area contributed by atoms with Gasteiger partial charge in [0.2, 0.25) is 0 Å². The van der Waals surface area contributed by atoms with Crippen LogP contribution in [0.15, 0.2) is 85.2 Å². The van der Waals surface area contributed by atoms with Crippen molar-refractivity contribution in [1.82, 2.24) is 4.98 Å². The van der Waals surface area contributed by atoms with E-state index in [0.29, 0.717) is 16.8 Å². The Labute approximate surface area is 145 Å². The quantitative estimate of drug-likeness (QED) is 0.563. The normalized spacial score (nSPS) is 10.6. The number of allylic oxidation sites excluding steroid dienone is 1. The van der Waals surface area contributed by atoms with Crippen LogP contribution in [0, 0.1) is 0 Å². The molecule has 1 heterocycles. The van der Waals surface area contributed by atoms with Gasteiger partial charge in [-0.2, -0.15) is 0 Å². The SMILES string of the molecule is O=C(/C=C/c1ccc(NC(=O)c2ccccc2)cc1)c1cccnc1. The Morgan fingerprint density at radius 1 is 0.840 bits per heavy atom. The number of amides is 1. The first-order valence-electron chi connectivity index (χ1n) is 7.81. The molecule has 4 nitrogen and oxygen atoms in total. The maximum atomic E-state index is 12.1. The van der Waals surface area contributed by atoms with Crippen molar-refractivity contribution in [2.24, 2.45) is 0 Å². The van der Waals surface area contributed by atoms with Gasteiger partial charge in [0, 0.05) is 29.2 Å². The monoisotopic (exact) mass is 328 g/mol. The van der Waals surface area contributed by atoms with Gasteiger partial charge in [0.05, 0.1) is 0 Å². The number of rotatable bonds is 5. The lowest BCUT2D eigenvalue weighted by molar-refractivity contribution is 0.102. The fraction of sp³-hybridized carbons (Fsp3) is 0. The summed E-state index contributed by atoms with van der Waals surface area (Å²) in [5.74, 6) is -0.259. The number of aromatic nitrogens is 1. The van der Waals surface area contributed by atoms with Crippen LogP contribution in [0.25, 0.3) is 6.08 Å². The van der Waals surface area contributed by atoms with Crippen LogP contribution in [0.3, 0.4) is 0 Å². The maximum absolute atomic E-state index is 12.1. The van der Waals surface area contributed by atoms with Crippen molar-refractivity contribution < 1.29 is 9.59 Å². The lowest BCUT2D eigenvalue weighted by atomic mass is 10.1. The molecule has 0 saturated carbocycles. The first kappa shape index (κ1) is 16.3. The van der Waals surface area contributed by atoms with E-state index in [4.69, 9.17) is 0 Å². The molecule has 0 aliphatic heterocycles. The summed E-state index contributed by atoms with van der Waals surface area (Å²) < 4.78 is 0. The van der Waals surface area contributed by atoms with E-state index >= 15 is 0 Å². The zero-order valence-corrected chi connectivity index (χ0v) is 13.4. The average Bonchev–Trinajstić information content (AvgIpc) is 2.68. The van der Waals surface area contributed by atoms with Crippen LogP contribution < -0.4 is 5.32 Å². The molecule has 0 fully saturated rings. The minimum Gasteiger partial charge on any atom is -0.322 e. The Kier molecular flexibility index (Phi) is 5.12. The average molecular weight is 328 g/mol. The lowest BCUT2D eigenvalue weighted by Crippen LogP contribution is -2.11. The summed E-state index contributed by atoms with van der Waals surface area (Å²) in [5, 5.41) is 2.84. The Bertz CT molecular complexity index is 886. The first-order valence-corrected chi connectivity index (χ1v) is 7.81. The predicted octanol–water partition coefficient (Wildman–Crippen LogP) is 4.23. The summed E-state index contributed by atoms with van der Waals surface area (Å²) in [6.45, 7) is 0. The number of pyridine rings is 1.